The Balaban J connectivity index is 1.64. The highest BCUT2D eigenvalue weighted by Gasteiger charge is 2.21. The molecule has 3 aromatic heterocycles. The van der Waals surface area contributed by atoms with Crippen molar-refractivity contribution in [3.63, 3.8) is 0 Å². The van der Waals surface area contributed by atoms with Crippen LogP contribution in [0.4, 0.5) is 15.9 Å². The maximum absolute atomic E-state index is 15.3. The third kappa shape index (κ3) is 4.43. The van der Waals surface area contributed by atoms with Crippen molar-refractivity contribution < 1.29 is 19.3 Å². The van der Waals surface area contributed by atoms with E-state index in [9.17, 15) is 10.2 Å². The van der Waals surface area contributed by atoms with Crippen LogP contribution in [0.1, 0.15) is 6.92 Å². The minimum absolute atomic E-state index is 0.231. The molecule has 0 spiro atoms. The van der Waals surface area contributed by atoms with Crippen LogP contribution in [0.25, 0.3) is 32.9 Å². The van der Waals surface area contributed by atoms with Crippen molar-refractivity contribution in [1.82, 2.24) is 24.7 Å². The molecule has 3 N–H and O–H groups in total. The van der Waals surface area contributed by atoms with Gasteiger partial charge in [-0.15, -0.1) is 0 Å². The second-order valence-corrected chi connectivity index (χ2v) is 8.56. The zero-order chi connectivity index (χ0) is 25.2. The van der Waals surface area contributed by atoms with E-state index in [2.05, 4.69) is 25.4 Å². The van der Waals surface area contributed by atoms with Crippen LogP contribution in [0, 0.1) is 11.7 Å². The molecular formula is C26H25FN6O3. The summed E-state index contributed by atoms with van der Waals surface area (Å²) >= 11 is 0. The van der Waals surface area contributed by atoms with Gasteiger partial charge in [-0.3, -0.25) is 9.67 Å². The van der Waals surface area contributed by atoms with Gasteiger partial charge in [0.1, 0.15) is 24.0 Å². The fourth-order valence-corrected chi connectivity index (χ4v) is 4.07. The van der Waals surface area contributed by atoms with E-state index in [1.54, 1.807) is 48.3 Å². The minimum atomic E-state index is -0.524. The van der Waals surface area contributed by atoms with E-state index in [-0.39, 0.29) is 18.9 Å². The Morgan fingerprint density at radius 2 is 1.89 bits per heavy atom. The predicted octanol–water partition coefficient (Wildman–Crippen LogP) is 3.83. The molecule has 5 rings (SSSR count). The average Bonchev–Trinajstić information content (AvgIpc) is 3.33. The van der Waals surface area contributed by atoms with Crippen LogP contribution in [0.2, 0.25) is 0 Å². The summed E-state index contributed by atoms with van der Waals surface area (Å²) in [5, 5.41) is 27.6. The van der Waals surface area contributed by atoms with E-state index in [0.717, 1.165) is 11.1 Å². The summed E-state index contributed by atoms with van der Waals surface area (Å²) < 4.78 is 23.3. The molecule has 1 atom stereocenters. The fraction of sp³-hybridized carbons (Fsp3) is 0.231. The van der Waals surface area contributed by atoms with E-state index < -0.39 is 17.8 Å². The number of aliphatic hydroxyl groups is 2. The zero-order valence-corrected chi connectivity index (χ0v) is 19.8. The largest absolute Gasteiger partial charge is 0.489 e. The van der Waals surface area contributed by atoms with Crippen molar-refractivity contribution in [2.24, 2.45) is 13.0 Å². The molecule has 0 bridgehead atoms. The van der Waals surface area contributed by atoms with Crippen molar-refractivity contribution in [2.75, 3.05) is 18.5 Å². The summed E-state index contributed by atoms with van der Waals surface area (Å²) in [4.78, 5) is 13.0. The Hall–Kier alpha value is -4.15. The van der Waals surface area contributed by atoms with Crippen molar-refractivity contribution in [3.8, 4) is 16.9 Å². The van der Waals surface area contributed by atoms with Crippen molar-refractivity contribution in [2.45, 2.75) is 13.0 Å². The molecule has 0 unspecified atom stereocenters. The zero-order valence-electron chi connectivity index (χ0n) is 19.8. The Morgan fingerprint density at radius 1 is 1.06 bits per heavy atom. The van der Waals surface area contributed by atoms with Gasteiger partial charge < -0.3 is 20.3 Å². The molecule has 2 aromatic carbocycles. The number of hydrogen-bond donors (Lipinski definition) is 3. The quantitative estimate of drug-likeness (QED) is 0.302. The topological polar surface area (TPSA) is 118 Å². The van der Waals surface area contributed by atoms with Crippen molar-refractivity contribution in [3.05, 3.63) is 67.1 Å². The number of nitrogens with one attached hydrogen (secondary N) is 1. The summed E-state index contributed by atoms with van der Waals surface area (Å²) in [5.74, 6) is -0.160. The van der Waals surface area contributed by atoms with Crippen molar-refractivity contribution in [1.29, 1.82) is 0 Å². The highest BCUT2D eigenvalue weighted by Crippen LogP contribution is 2.38. The van der Waals surface area contributed by atoms with Gasteiger partial charge in [0.15, 0.2) is 5.82 Å². The third-order valence-corrected chi connectivity index (χ3v) is 6.16. The SMILES string of the molecule is C[C@@H](Oc1cc(-c2cnn(C)c2)cc2ncnc(Nc3ccc4ncccc4c3F)c12)C(CO)CO. The first-order valence-corrected chi connectivity index (χ1v) is 11.4. The molecular weight excluding hydrogens is 463 g/mol. The van der Waals surface area contributed by atoms with Crippen LogP contribution >= 0.6 is 0 Å². The third-order valence-electron chi connectivity index (χ3n) is 6.16. The second-order valence-electron chi connectivity index (χ2n) is 8.56. The standard InChI is InChI=1S/C26H25FN6O3/c1-15(18(12-34)13-35)36-23-9-16(17-10-31-33(2)11-17)8-22-24(23)26(30-14-29-22)32-21-6-5-20-19(25(21)27)4-3-7-28-20/h3-11,14-15,18,34-35H,12-13H2,1-2H3,(H,29,30,32)/t15-/m1/s1. The highest BCUT2D eigenvalue weighted by molar-refractivity contribution is 5.99. The van der Waals surface area contributed by atoms with Crippen LogP contribution in [0.3, 0.4) is 0 Å². The smallest absolute Gasteiger partial charge is 0.156 e. The predicted molar refractivity (Wildman–Crippen MR) is 134 cm³/mol. The lowest BCUT2D eigenvalue weighted by Crippen LogP contribution is -2.29. The summed E-state index contributed by atoms with van der Waals surface area (Å²) in [6, 6.07) is 10.4. The van der Waals surface area contributed by atoms with Crippen molar-refractivity contribution >= 4 is 33.3 Å². The van der Waals surface area contributed by atoms with E-state index in [4.69, 9.17) is 4.74 Å². The molecule has 5 aromatic rings. The Labute approximate surface area is 206 Å². The maximum atomic E-state index is 15.3. The Kier molecular flexibility index (Phi) is 6.45. The fourth-order valence-electron chi connectivity index (χ4n) is 4.07. The van der Waals surface area contributed by atoms with Gasteiger partial charge >= 0.3 is 0 Å². The number of anilines is 2. The average molecular weight is 489 g/mol. The molecule has 0 aliphatic carbocycles. The van der Waals surface area contributed by atoms with Crippen LogP contribution in [-0.4, -0.2) is 54.3 Å². The molecule has 0 saturated carbocycles. The molecule has 184 valence electrons. The molecule has 0 amide bonds. The first-order valence-electron chi connectivity index (χ1n) is 11.4. The number of halogens is 1. The van der Waals surface area contributed by atoms with Crippen LogP contribution < -0.4 is 10.1 Å². The second kappa shape index (κ2) is 9.84. The van der Waals surface area contributed by atoms with Gasteiger partial charge in [-0.1, -0.05) is 0 Å². The molecule has 0 saturated heterocycles. The molecule has 36 heavy (non-hydrogen) atoms. The van der Waals surface area contributed by atoms with Gasteiger partial charge in [0.2, 0.25) is 0 Å². The summed E-state index contributed by atoms with van der Waals surface area (Å²) in [5.41, 5.74) is 3.03. The van der Waals surface area contributed by atoms with Gasteiger partial charge in [0, 0.05) is 36.3 Å². The number of aryl methyl sites for hydroxylation is 1. The molecule has 0 aliphatic rings. The number of aromatic nitrogens is 5. The monoisotopic (exact) mass is 488 g/mol. The maximum Gasteiger partial charge on any atom is 0.156 e. The number of nitrogens with zero attached hydrogens (tertiary/aromatic N) is 5. The van der Waals surface area contributed by atoms with Crippen LogP contribution in [0.15, 0.2) is 61.3 Å². The number of hydrogen-bond acceptors (Lipinski definition) is 8. The van der Waals surface area contributed by atoms with E-state index >= 15 is 4.39 Å². The summed E-state index contributed by atoms with van der Waals surface area (Å²) in [7, 11) is 1.83. The number of fused-ring (bicyclic) bond motifs is 2. The first kappa shape index (κ1) is 23.6. The minimum Gasteiger partial charge on any atom is -0.489 e. The number of rotatable bonds is 8. The van der Waals surface area contributed by atoms with E-state index in [0.29, 0.717) is 33.4 Å². The van der Waals surface area contributed by atoms with Gasteiger partial charge in [0.25, 0.3) is 0 Å². The van der Waals surface area contributed by atoms with E-state index in [1.165, 1.54) is 6.33 Å². The lowest BCUT2D eigenvalue weighted by Gasteiger charge is -2.23. The molecule has 0 radical (unpaired) electrons. The lowest BCUT2D eigenvalue weighted by molar-refractivity contribution is 0.0580. The molecule has 0 fully saturated rings. The summed E-state index contributed by atoms with van der Waals surface area (Å²) in [6.07, 6.45) is 6.09. The number of benzene rings is 2. The first-order chi connectivity index (χ1) is 17.5. The molecule has 3 heterocycles. The lowest BCUT2D eigenvalue weighted by atomic mass is 10.0. The van der Waals surface area contributed by atoms with Gasteiger partial charge in [0.05, 0.1) is 41.5 Å². The van der Waals surface area contributed by atoms with Gasteiger partial charge in [-0.25, -0.2) is 14.4 Å². The van der Waals surface area contributed by atoms with Gasteiger partial charge in [-0.2, -0.15) is 5.10 Å². The molecule has 9 nitrogen and oxygen atoms in total. The highest BCUT2D eigenvalue weighted by atomic mass is 19.1. The normalized spacial score (nSPS) is 12.4. The van der Waals surface area contributed by atoms with E-state index in [1.807, 2.05) is 25.4 Å². The number of pyridine rings is 1. The van der Waals surface area contributed by atoms with Crippen LogP contribution in [-0.2, 0) is 7.05 Å². The Morgan fingerprint density at radius 3 is 2.64 bits per heavy atom. The summed E-state index contributed by atoms with van der Waals surface area (Å²) in [6.45, 7) is 1.29. The van der Waals surface area contributed by atoms with Gasteiger partial charge in [-0.05, 0) is 48.9 Å². The molecule has 10 heteroatoms. The van der Waals surface area contributed by atoms with Crippen LogP contribution in [0.5, 0.6) is 5.75 Å². The number of aliphatic hydroxyl groups excluding tert-OH is 2. The Bertz CT molecular complexity index is 1540. The number of ether oxygens (including phenoxy) is 1. The molecule has 0 aliphatic heterocycles.